The first kappa shape index (κ1) is 9.62. The number of piperazine rings is 1. The quantitative estimate of drug-likeness (QED) is 0.763. The summed E-state index contributed by atoms with van der Waals surface area (Å²) >= 11 is 0. The van der Waals surface area contributed by atoms with E-state index in [4.69, 9.17) is 0 Å². The molecule has 14 heavy (non-hydrogen) atoms. The van der Waals surface area contributed by atoms with E-state index < -0.39 is 0 Å². The zero-order valence-corrected chi connectivity index (χ0v) is 8.04. The van der Waals surface area contributed by atoms with Crippen molar-refractivity contribution in [2.75, 3.05) is 19.6 Å². The molecule has 1 aliphatic heterocycles. The second-order valence-corrected chi connectivity index (χ2v) is 3.48. The first-order valence-electron chi connectivity index (χ1n) is 4.87. The van der Waals surface area contributed by atoms with Crippen LogP contribution in [0, 0.1) is 12.4 Å². The van der Waals surface area contributed by atoms with Gasteiger partial charge in [-0.05, 0) is 17.7 Å². The van der Waals surface area contributed by atoms with E-state index in [0.717, 1.165) is 31.7 Å². The summed E-state index contributed by atoms with van der Waals surface area (Å²) in [6.07, 6.45) is 0. The molecule has 1 aliphatic rings. The van der Waals surface area contributed by atoms with Crippen LogP contribution in [-0.2, 0) is 6.54 Å². The first-order valence-corrected chi connectivity index (χ1v) is 4.87. The van der Waals surface area contributed by atoms with Crippen molar-refractivity contribution < 1.29 is 4.39 Å². The van der Waals surface area contributed by atoms with E-state index in [2.05, 4.69) is 16.8 Å². The lowest BCUT2D eigenvalue weighted by molar-refractivity contribution is 0.285. The third-order valence-corrected chi connectivity index (χ3v) is 2.37. The Morgan fingerprint density at radius 2 is 2.07 bits per heavy atom. The third-order valence-electron chi connectivity index (χ3n) is 2.37. The van der Waals surface area contributed by atoms with Crippen LogP contribution in [0.25, 0.3) is 0 Å². The predicted molar refractivity (Wildman–Crippen MR) is 54.0 cm³/mol. The zero-order chi connectivity index (χ0) is 9.80. The van der Waals surface area contributed by atoms with Crippen LogP contribution < -0.4 is 5.32 Å². The molecule has 1 fully saturated rings. The maximum absolute atomic E-state index is 12.6. The number of nitrogens with zero attached hydrogens (tertiary/aromatic N) is 1. The Bertz CT molecular complexity index is 278. The van der Waals surface area contributed by atoms with Crippen LogP contribution in [0.1, 0.15) is 5.56 Å². The Labute approximate surface area is 83.7 Å². The fourth-order valence-electron chi connectivity index (χ4n) is 1.58. The van der Waals surface area contributed by atoms with Gasteiger partial charge in [-0.2, -0.15) is 0 Å². The molecule has 1 saturated heterocycles. The number of halogens is 1. The topological polar surface area (TPSA) is 15.3 Å². The minimum Gasteiger partial charge on any atom is -0.314 e. The van der Waals surface area contributed by atoms with Crippen molar-refractivity contribution in [3.8, 4) is 0 Å². The maximum atomic E-state index is 12.6. The highest BCUT2D eigenvalue weighted by molar-refractivity contribution is 5.16. The van der Waals surface area contributed by atoms with Gasteiger partial charge in [0.15, 0.2) is 0 Å². The second-order valence-electron chi connectivity index (χ2n) is 3.48. The second kappa shape index (κ2) is 4.53. The van der Waals surface area contributed by atoms with Crippen molar-refractivity contribution in [1.29, 1.82) is 0 Å². The number of rotatable bonds is 2. The summed E-state index contributed by atoms with van der Waals surface area (Å²) in [4.78, 5) is 2.25. The highest BCUT2D eigenvalue weighted by Crippen LogP contribution is 2.08. The molecule has 1 aromatic carbocycles. The molecule has 0 unspecified atom stereocenters. The Balaban J connectivity index is 1.92. The summed E-state index contributed by atoms with van der Waals surface area (Å²) in [5.41, 5.74) is 1.16. The molecular formula is C11H14FN2. The summed E-state index contributed by atoms with van der Waals surface area (Å²) in [6.45, 7) is 6.01. The van der Waals surface area contributed by atoms with Crippen LogP contribution in [0.3, 0.4) is 0 Å². The molecule has 75 valence electrons. The molecule has 0 aliphatic carbocycles. The summed E-state index contributed by atoms with van der Waals surface area (Å²) < 4.78 is 12.6. The van der Waals surface area contributed by atoms with Crippen molar-refractivity contribution in [3.05, 3.63) is 42.2 Å². The molecule has 2 rings (SSSR count). The molecule has 1 radical (unpaired) electrons. The summed E-state index contributed by atoms with van der Waals surface area (Å²) in [7, 11) is 0. The van der Waals surface area contributed by atoms with Gasteiger partial charge >= 0.3 is 0 Å². The SMILES string of the molecule is Fc1ccc(CN2[CH]CNCC2)cc1. The van der Waals surface area contributed by atoms with Gasteiger partial charge in [-0.25, -0.2) is 4.39 Å². The van der Waals surface area contributed by atoms with Crippen molar-refractivity contribution in [2.24, 2.45) is 0 Å². The summed E-state index contributed by atoms with van der Waals surface area (Å²) in [5.74, 6) is -0.168. The molecule has 0 amide bonds. The summed E-state index contributed by atoms with van der Waals surface area (Å²) in [5, 5.41) is 3.25. The van der Waals surface area contributed by atoms with E-state index >= 15 is 0 Å². The standard InChI is InChI=1S/C11H14FN2/c12-11-3-1-10(2-4-11)9-14-7-5-13-6-8-14/h1-4,7,13H,5-6,8-9H2. The zero-order valence-electron chi connectivity index (χ0n) is 8.04. The van der Waals surface area contributed by atoms with Crippen molar-refractivity contribution in [3.63, 3.8) is 0 Å². The van der Waals surface area contributed by atoms with Crippen LogP contribution in [-0.4, -0.2) is 24.5 Å². The minimum atomic E-state index is -0.168. The van der Waals surface area contributed by atoms with E-state index in [0.29, 0.717) is 0 Å². The van der Waals surface area contributed by atoms with Crippen LogP contribution in [0.2, 0.25) is 0 Å². The molecule has 1 heterocycles. The molecule has 0 aromatic heterocycles. The van der Waals surface area contributed by atoms with Gasteiger partial charge < -0.3 is 5.32 Å². The monoisotopic (exact) mass is 193 g/mol. The maximum Gasteiger partial charge on any atom is 0.123 e. The van der Waals surface area contributed by atoms with Crippen molar-refractivity contribution in [2.45, 2.75) is 6.54 Å². The van der Waals surface area contributed by atoms with E-state index in [-0.39, 0.29) is 5.82 Å². The molecular weight excluding hydrogens is 179 g/mol. The number of hydrogen-bond acceptors (Lipinski definition) is 2. The van der Waals surface area contributed by atoms with Crippen LogP contribution in [0.4, 0.5) is 4.39 Å². The lowest BCUT2D eigenvalue weighted by Crippen LogP contribution is -2.39. The molecule has 0 atom stereocenters. The van der Waals surface area contributed by atoms with Gasteiger partial charge in [0.1, 0.15) is 5.82 Å². The molecule has 2 nitrogen and oxygen atoms in total. The van der Waals surface area contributed by atoms with E-state index in [1.165, 1.54) is 12.1 Å². The van der Waals surface area contributed by atoms with Gasteiger partial charge in [0.25, 0.3) is 0 Å². The van der Waals surface area contributed by atoms with Crippen molar-refractivity contribution in [1.82, 2.24) is 10.2 Å². The average Bonchev–Trinajstić information content (AvgIpc) is 2.23. The third kappa shape index (κ3) is 2.53. The van der Waals surface area contributed by atoms with Crippen LogP contribution >= 0.6 is 0 Å². The first-order chi connectivity index (χ1) is 6.84. The van der Waals surface area contributed by atoms with Gasteiger partial charge in [0, 0.05) is 32.7 Å². The number of benzene rings is 1. The van der Waals surface area contributed by atoms with Crippen molar-refractivity contribution >= 4 is 0 Å². The van der Waals surface area contributed by atoms with E-state index in [1.54, 1.807) is 0 Å². The normalized spacial score (nSPS) is 18.4. The molecule has 0 saturated carbocycles. The molecule has 1 N–H and O–H groups in total. The fraction of sp³-hybridized carbons (Fsp3) is 0.364. The van der Waals surface area contributed by atoms with Gasteiger partial charge in [-0.15, -0.1) is 0 Å². The number of hydrogen-bond donors (Lipinski definition) is 1. The Hall–Kier alpha value is -0.930. The van der Waals surface area contributed by atoms with Gasteiger partial charge in [0.05, 0.1) is 0 Å². The Morgan fingerprint density at radius 3 is 2.71 bits per heavy atom. The van der Waals surface area contributed by atoms with Gasteiger partial charge in [0.2, 0.25) is 0 Å². The smallest absolute Gasteiger partial charge is 0.123 e. The van der Waals surface area contributed by atoms with E-state index in [1.807, 2.05) is 12.1 Å². The highest BCUT2D eigenvalue weighted by atomic mass is 19.1. The Morgan fingerprint density at radius 1 is 1.29 bits per heavy atom. The average molecular weight is 193 g/mol. The predicted octanol–water partition coefficient (Wildman–Crippen LogP) is 1.39. The molecule has 0 spiro atoms. The molecule has 3 heteroatoms. The minimum absolute atomic E-state index is 0.168. The van der Waals surface area contributed by atoms with Crippen LogP contribution in [0.15, 0.2) is 24.3 Å². The van der Waals surface area contributed by atoms with Gasteiger partial charge in [-0.1, -0.05) is 12.1 Å². The van der Waals surface area contributed by atoms with Gasteiger partial charge in [-0.3, -0.25) is 4.90 Å². The van der Waals surface area contributed by atoms with E-state index in [9.17, 15) is 4.39 Å². The summed E-state index contributed by atoms with van der Waals surface area (Å²) in [6, 6.07) is 6.70. The Kier molecular flexibility index (Phi) is 3.11. The highest BCUT2D eigenvalue weighted by Gasteiger charge is 2.09. The fourth-order valence-corrected chi connectivity index (χ4v) is 1.58. The molecule has 1 aromatic rings. The largest absolute Gasteiger partial charge is 0.314 e. The molecule has 0 bridgehead atoms. The van der Waals surface area contributed by atoms with Crippen LogP contribution in [0.5, 0.6) is 0 Å². The number of nitrogens with one attached hydrogen (secondary N) is 1. The lowest BCUT2D eigenvalue weighted by atomic mass is 10.2. The lowest BCUT2D eigenvalue weighted by Gasteiger charge is -2.26.